The van der Waals surface area contributed by atoms with Crippen LogP contribution in [-0.4, -0.2) is 54.0 Å². The molecule has 0 N–H and O–H groups in total. The van der Waals surface area contributed by atoms with E-state index in [2.05, 4.69) is 4.99 Å². The number of nitriles is 1. The molecule has 0 aromatic heterocycles. The average Bonchev–Trinajstić information content (AvgIpc) is 3.22. The van der Waals surface area contributed by atoms with Gasteiger partial charge in [-0.1, -0.05) is 17.8 Å². The zero-order chi connectivity index (χ0) is 18.3. The number of sulfone groups is 1. The summed E-state index contributed by atoms with van der Waals surface area (Å²) in [4.78, 5) is 17.7. The van der Waals surface area contributed by atoms with Gasteiger partial charge in [-0.05, 0) is 17.7 Å². The fourth-order valence-corrected chi connectivity index (χ4v) is 7.24. The van der Waals surface area contributed by atoms with Crippen molar-refractivity contribution in [3.8, 4) is 17.6 Å². The molecule has 1 aromatic carbocycles. The van der Waals surface area contributed by atoms with Crippen molar-refractivity contribution in [2.75, 3.05) is 18.3 Å². The predicted octanol–water partition coefficient (Wildman–Crippen LogP) is 0.926. The Bertz CT molecular complexity index is 938. The van der Waals surface area contributed by atoms with E-state index in [4.69, 9.17) is 14.7 Å². The van der Waals surface area contributed by atoms with Gasteiger partial charge in [0.1, 0.15) is 6.42 Å². The van der Waals surface area contributed by atoms with Gasteiger partial charge in [-0.25, -0.2) is 8.42 Å². The molecule has 2 saturated heterocycles. The predicted molar refractivity (Wildman–Crippen MR) is 94.6 cm³/mol. The third-order valence-corrected chi connectivity index (χ3v) is 7.66. The lowest BCUT2D eigenvalue weighted by Gasteiger charge is -2.24. The number of hydrogen-bond donors (Lipinski definition) is 0. The molecule has 0 aliphatic carbocycles. The van der Waals surface area contributed by atoms with Crippen LogP contribution in [0.5, 0.6) is 11.5 Å². The van der Waals surface area contributed by atoms with E-state index in [1.807, 2.05) is 17.0 Å². The summed E-state index contributed by atoms with van der Waals surface area (Å²) >= 11 is 1.30. The number of amides is 1. The summed E-state index contributed by atoms with van der Waals surface area (Å²) in [7, 11) is -3.10. The Morgan fingerprint density at radius 1 is 1.35 bits per heavy atom. The average molecular weight is 393 g/mol. The van der Waals surface area contributed by atoms with Crippen molar-refractivity contribution < 1.29 is 22.7 Å². The van der Waals surface area contributed by atoms with E-state index in [1.54, 1.807) is 12.1 Å². The lowest BCUT2D eigenvalue weighted by atomic mass is 10.1. The number of fused-ring (bicyclic) bond motifs is 2. The number of carbonyl (C=O) groups is 1. The van der Waals surface area contributed by atoms with Crippen LogP contribution in [-0.2, 0) is 21.2 Å². The minimum atomic E-state index is -3.10. The maximum absolute atomic E-state index is 12.0. The van der Waals surface area contributed by atoms with Crippen LogP contribution in [0, 0.1) is 11.3 Å². The molecule has 2 atom stereocenters. The lowest BCUT2D eigenvalue weighted by molar-refractivity contribution is -0.116. The molecule has 136 valence electrons. The molecule has 0 spiro atoms. The van der Waals surface area contributed by atoms with Gasteiger partial charge < -0.3 is 14.4 Å². The third-order valence-electron chi connectivity index (χ3n) is 4.42. The van der Waals surface area contributed by atoms with Gasteiger partial charge in [0, 0.05) is 11.8 Å². The normalized spacial score (nSPS) is 26.7. The molecule has 2 fully saturated rings. The second-order valence-electron chi connectivity index (χ2n) is 6.24. The third kappa shape index (κ3) is 3.24. The Morgan fingerprint density at radius 2 is 2.15 bits per heavy atom. The fourth-order valence-electron chi connectivity index (χ4n) is 3.27. The van der Waals surface area contributed by atoms with Crippen LogP contribution in [0.15, 0.2) is 23.2 Å². The van der Waals surface area contributed by atoms with Crippen LogP contribution in [0.25, 0.3) is 0 Å². The van der Waals surface area contributed by atoms with E-state index in [-0.39, 0.29) is 36.0 Å². The first kappa shape index (κ1) is 17.2. The van der Waals surface area contributed by atoms with Crippen molar-refractivity contribution in [2.24, 2.45) is 4.99 Å². The second kappa shape index (κ2) is 6.48. The van der Waals surface area contributed by atoms with Gasteiger partial charge in [0.2, 0.25) is 6.79 Å². The number of thioether (sulfide) groups is 1. The smallest absolute Gasteiger partial charge is 0.262 e. The minimum absolute atomic E-state index is 0.0423. The molecule has 0 bridgehead atoms. The lowest BCUT2D eigenvalue weighted by Crippen LogP contribution is -2.37. The van der Waals surface area contributed by atoms with Gasteiger partial charge in [-0.2, -0.15) is 10.3 Å². The highest BCUT2D eigenvalue weighted by Gasteiger charge is 2.48. The molecule has 1 amide bonds. The molecular formula is C16H15N3O5S2. The summed E-state index contributed by atoms with van der Waals surface area (Å²) in [6.45, 7) is 0.579. The standard InChI is InChI=1S/C16H15N3O5S2/c17-4-3-15(20)18-16-19(11-7-26(21,22)8-14(11)25-16)6-10-1-2-12-13(5-10)24-9-23-12/h1-2,5,11,14H,3,6-9H2/t11-,14+/m1/s1. The van der Waals surface area contributed by atoms with Gasteiger partial charge in [0.05, 0.1) is 23.6 Å². The summed E-state index contributed by atoms with van der Waals surface area (Å²) in [6, 6.07) is 7.09. The molecule has 3 heterocycles. The van der Waals surface area contributed by atoms with Crippen LogP contribution in [0.2, 0.25) is 0 Å². The molecule has 10 heteroatoms. The fraction of sp³-hybridized carbons (Fsp3) is 0.438. The topological polar surface area (TPSA) is 109 Å². The van der Waals surface area contributed by atoms with Crippen molar-refractivity contribution in [3.63, 3.8) is 0 Å². The summed E-state index contributed by atoms with van der Waals surface area (Å²) in [5.41, 5.74) is 0.903. The van der Waals surface area contributed by atoms with Crippen molar-refractivity contribution in [2.45, 2.75) is 24.3 Å². The van der Waals surface area contributed by atoms with Crippen LogP contribution >= 0.6 is 11.8 Å². The Kier molecular flexibility index (Phi) is 4.28. The number of rotatable bonds is 3. The van der Waals surface area contributed by atoms with Gasteiger partial charge >= 0.3 is 0 Å². The summed E-state index contributed by atoms with van der Waals surface area (Å²) in [6.07, 6.45) is -0.296. The van der Waals surface area contributed by atoms with E-state index in [1.165, 1.54) is 11.8 Å². The van der Waals surface area contributed by atoms with Crippen molar-refractivity contribution in [3.05, 3.63) is 23.8 Å². The molecule has 8 nitrogen and oxygen atoms in total. The van der Waals surface area contributed by atoms with Crippen LogP contribution in [0.3, 0.4) is 0 Å². The number of carbonyl (C=O) groups excluding carboxylic acids is 1. The summed E-state index contributed by atoms with van der Waals surface area (Å²) < 4.78 is 34.7. The zero-order valence-corrected chi connectivity index (χ0v) is 15.3. The molecule has 26 heavy (non-hydrogen) atoms. The Labute approximate surface area is 154 Å². The van der Waals surface area contributed by atoms with E-state index >= 15 is 0 Å². The van der Waals surface area contributed by atoms with Crippen LogP contribution in [0.1, 0.15) is 12.0 Å². The largest absolute Gasteiger partial charge is 0.454 e. The highest BCUT2D eigenvalue weighted by Crippen LogP contribution is 2.40. The number of amidine groups is 1. The van der Waals surface area contributed by atoms with Crippen LogP contribution < -0.4 is 9.47 Å². The number of ether oxygens (including phenoxy) is 2. The van der Waals surface area contributed by atoms with Crippen molar-refractivity contribution in [1.82, 2.24) is 4.90 Å². The molecular weight excluding hydrogens is 378 g/mol. The molecule has 3 aliphatic heterocycles. The molecule has 0 radical (unpaired) electrons. The van der Waals surface area contributed by atoms with Crippen LogP contribution in [0.4, 0.5) is 0 Å². The van der Waals surface area contributed by atoms with E-state index in [9.17, 15) is 13.2 Å². The number of benzene rings is 1. The molecule has 3 aliphatic rings. The van der Waals surface area contributed by atoms with Gasteiger partial charge in [-0.15, -0.1) is 0 Å². The number of hydrogen-bond acceptors (Lipinski definition) is 7. The second-order valence-corrected chi connectivity index (χ2v) is 9.60. The SMILES string of the molecule is N#CCC(=O)N=C1S[C@H]2CS(=O)(=O)C[C@H]2N1Cc1ccc2c(c1)OCO2. The molecule has 0 unspecified atom stereocenters. The number of aliphatic imine (C=N–C) groups is 1. The quantitative estimate of drug-likeness (QED) is 0.746. The highest BCUT2D eigenvalue weighted by atomic mass is 32.2. The Hall–Kier alpha value is -2.25. The summed E-state index contributed by atoms with van der Waals surface area (Å²) in [5.74, 6) is 0.910. The van der Waals surface area contributed by atoms with Crippen molar-refractivity contribution in [1.29, 1.82) is 5.26 Å². The summed E-state index contributed by atoms with van der Waals surface area (Å²) in [5, 5.41) is 8.99. The molecule has 0 saturated carbocycles. The van der Waals surface area contributed by atoms with E-state index in [0.717, 1.165) is 5.56 Å². The molecule has 1 aromatic rings. The molecule has 4 rings (SSSR count). The van der Waals surface area contributed by atoms with E-state index < -0.39 is 15.7 Å². The Balaban J connectivity index is 1.62. The zero-order valence-electron chi connectivity index (χ0n) is 13.6. The first-order valence-electron chi connectivity index (χ1n) is 7.96. The number of nitrogens with zero attached hydrogens (tertiary/aromatic N) is 3. The minimum Gasteiger partial charge on any atom is -0.454 e. The monoisotopic (exact) mass is 393 g/mol. The van der Waals surface area contributed by atoms with E-state index in [0.29, 0.717) is 23.2 Å². The Morgan fingerprint density at radius 3 is 2.96 bits per heavy atom. The van der Waals surface area contributed by atoms with Gasteiger partial charge in [0.15, 0.2) is 26.5 Å². The van der Waals surface area contributed by atoms with Gasteiger partial charge in [-0.3, -0.25) is 4.79 Å². The first-order chi connectivity index (χ1) is 12.4. The van der Waals surface area contributed by atoms with Crippen molar-refractivity contribution >= 4 is 32.7 Å². The maximum atomic E-state index is 12.0. The van der Waals surface area contributed by atoms with Gasteiger partial charge in [0.25, 0.3) is 5.91 Å². The maximum Gasteiger partial charge on any atom is 0.262 e. The highest BCUT2D eigenvalue weighted by molar-refractivity contribution is 8.15. The first-order valence-corrected chi connectivity index (χ1v) is 10.7.